The Hall–Kier alpha value is -1.34. The first kappa shape index (κ1) is 12.1. The van der Waals surface area contributed by atoms with Crippen LogP contribution in [-0.4, -0.2) is 25.9 Å². The van der Waals surface area contributed by atoms with Crippen molar-refractivity contribution in [3.63, 3.8) is 0 Å². The molecule has 0 radical (unpaired) electrons. The molecule has 0 saturated carbocycles. The molecule has 2 rings (SSSR count). The fourth-order valence-electron chi connectivity index (χ4n) is 1.86. The predicted molar refractivity (Wildman–Crippen MR) is 64.3 cm³/mol. The minimum Gasteiger partial charge on any atom is -0.366 e. The number of hydrogen-bond acceptors (Lipinski definition) is 3. The Morgan fingerprint density at radius 1 is 1.47 bits per heavy atom. The highest BCUT2D eigenvalue weighted by molar-refractivity contribution is 5.20. The summed E-state index contributed by atoms with van der Waals surface area (Å²) in [6, 6.07) is 9.88. The van der Waals surface area contributed by atoms with Crippen LogP contribution in [0.5, 0.6) is 0 Å². The van der Waals surface area contributed by atoms with E-state index in [1.165, 1.54) is 0 Å². The molecule has 0 aromatic heterocycles. The SMILES string of the molecule is C#CCOCC1COC(C)(c2ccccc2)O1. The number of hydrogen-bond donors (Lipinski definition) is 0. The molecule has 1 heterocycles. The summed E-state index contributed by atoms with van der Waals surface area (Å²) in [5, 5.41) is 0. The van der Waals surface area contributed by atoms with Crippen LogP contribution in [0.3, 0.4) is 0 Å². The fourth-order valence-corrected chi connectivity index (χ4v) is 1.86. The van der Waals surface area contributed by atoms with Gasteiger partial charge in [-0.3, -0.25) is 0 Å². The Bertz CT molecular complexity index is 396. The van der Waals surface area contributed by atoms with Crippen molar-refractivity contribution >= 4 is 0 Å². The van der Waals surface area contributed by atoms with E-state index in [0.717, 1.165) is 5.56 Å². The second-order valence-electron chi connectivity index (χ2n) is 4.08. The van der Waals surface area contributed by atoms with Gasteiger partial charge in [-0.25, -0.2) is 0 Å². The number of rotatable bonds is 4. The lowest BCUT2D eigenvalue weighted by molar-refractivity contribution is -0.166. The van der Waals surface area contributed by atoms with Crippen LogP contribution in [0.1, 0.15) is 12.5 Å². The highest BCUT2D eigenvalue weighted by Gasteiger charge is 2.38. The van der Waals surface area contributed by atoms with Gasteiger partial charge in [-0.1, -0.05) is 36.3 Å². The third kappa shape index (κ3) is 2.86. The molecule has 0 spiro atoms. The summed E-state index contributed by atoms with van der Waals surface area (Å²) in [7, 11) is 0. The van der Waals surface area contributed by atoms with Crippen molar-refractivity contribution in [2.75, 3.05) is 19.8 Å². The van der Waals surface area contributed by atoms with Gasteiger partial charge < -0.3 is 14.2 Å². The van der Waals surface area contributed by atoms with Crippen LogP contribution in [0, 0.1) is 12.3 Å². The summed E-state index contributed by atoms with van der Waals surface area (Å²) in [4.78, 5) is 0. The summed E-state index contributed by atoms with van der Waals surface area (Å²) >= 11 is 0. The lowest BCUT2D eigenvalue weighted by atomic mass is 10.1. The van der Waals surface area contributed by atoms with E-state index in [0.29, 0.717) is 19.8 Å². The van der Waals surface area contributed by atoms with E-state index in [2.05, 4.69) is 5.92 Å². The average molecular weight is 232 g/mol. The van der Waals surface area contributed by atoms with E-state index in [9.17, 15) is 0 Å². The van der Waals surface area contributed by atoms with Crippen LogP contribution in [0.25, 0.3) is 0 Å². The molecule has 90 valence electrons. The molecule has 0 N–H and O–H groups in total. The highest BCUT2D eigenvalue weighted by Crippen LogP contribution is 2.33. The largest absolute Gasteiger partial charge is 0.366 e. The minimum absolute atomic E-state index is 0.0615. The van der Waals surface area contributed by atoms with Crippen LogP contribution in [0.2, 0.25) is 0 Å². The molecule has 2 unspecified atom stereocenters. The standard InChI is InChI=1S/C14H16O3/c1-3-9-15-10-13-11-16-14(2,17-13)12-7-5-4-6-8-12/h1,4-8,13H,9-11H2,2H3. The summed E-state index contributed by atoms with van der Waals surface area (Å²) in [6.07, 6.45) is 5.05. The number of terminal acetylenes is 1. The van der Waals surface area contributed by atoms with Crippen LogP contribution >= 0.6 is 0 Å². The maximum atomic E-state index is 5.87. The van der Waals surface area contributed by atoms with Gasteiger partial charge in [0.1, 0.15) is 12.7 Å². The molecule has 17 heavy (non-hydrogen) atoms. The van der Waals surface area contributed by atoms with E-state index in [4.69, 9.17) is 20.6 Å². The van der Waals surface area contributed by atoms with E-state index in [1.807, 2.05) is 37.3 Å². The first-order valence-corrected chi connectivity index (χ1v) is 5.63. The van der Waals surface area contributed by atoms with Crippen molar-refractivity contribution in [2.45, 2.75) is 18.8 Å². The van der Waals surface area contributed by atoms with E-state index < -0.39 is 5.79 Å². The zero-order chi connectivity index (χ0) is 12.1. The summed E-state index contributed by atoms with van der Waals surface area (Å²) in [6.45, 7) is 3.22. The maximum Gasteiger partial charge on any atom is 0.192 e. The van der Waals surface area contributed by atoms with E-state index in [-0.39, 0.29) is 6.10 Å². The summed E-state index contributed by atoms with van der Waals surface area (Å²) < 4.78 is 16.8. The molecule has 0 aliphatic carbocycles. The van der Waals surface area contributed by atoms with Gasteiger partial charge in [-0.05, 0) is 6.92 Å². The lowest BCUT2D eigenvalue weighted by Crippen LogP contribution is -2.25. The molecule has 1 fully saturated rings. The molecule has 0 bridgehead atoms. The first-order valence-electron chi connectivity index (χ1n) is 5.63. The van der Waals surface area contributed by atoms with Gasteiger partial charge in [-0.2, -0.15) is 0 Å². The molecule has 3 heteroatoms. The Balaban J connectivity index is 1.94. The lowest BCUT2D eigenvalue weighted by Gasteiger charge is -2.23. The van der Waals surface area contributed by atoms with Crippen molar-refractivity contribution in [1.29, 1.82) is 0 Å². The second kappa shape index (κ2) is 5.33. The van der Waals surface area contributed by atoms with E-state index in [1.54, 1.807) is 0 Å². The molecule has 3 nitrogen and oxygen atoms in total. The fraction of sp³-hybridized carbons (Fsp3) is 0.429. The number of benzene rings is 1. The minimum atomic E-state index is -0.675. The van der Waals surface area contributed by atoms with Gasteiger partial charge in [-0.15, -0.1) is 6.42 Å². The smallest absolute Gasteiger partial charge is 0.192 e. The molecule has 1 aromatic rings. The van der Waals surface area contributed by atoms with Crippen molar-refractivity contribution in [3.8, 4) is 12.3 Å². The Labute approximate surface area is 102 Å². The molecular weight excluding hydrogens is 216 g/mol. The van der Waals surface area contributed by atoms with Gasteiger partial charge in [0.15, 0.2) is 5.79 Å². The molecule has 2 atom stereocenters. The van der Waals surface area contributed by atoms with Gasteiger partial charge in [0, 0.05) is 5.56 Å². The predicted octanol–water partition coefficient (Wildman–Crippen LogP) is 1.92. The van der Waals surface area contributed by atoms with Crippen LogP contribution in [-0.2, 0) is 20.0 Å². The third-order valence-electron chi connectivity index (χ3n) is 2.72. The van der Waals surface area contributed by atoms with Gasteiger partial charge in [0.25, 0.3) is 0 Å². The monoisotopic (exact) mass is 232 g/mol. The highest BCUT2D eigenvalue weighted by atomic mass is 16.7. The van der Waals surface area contributed by atoms with Crippen molar-refractivity contribution in [2.24, 2.45) is 0 Å². The van der Waals surface area contributed by atoms with Gasteiger partial charge in [0.05, 0.1) is 13.2 Å². The van der Waals surface area contributed by atoms with Gasteiger partial charge in [0.2, 0.25) is 0 Å². The van der Waals surface area contributed by atoms with E-state index >= 15 is 0 Å². The topological polar surface area (TPSA) is 27.7 Å². The molecular formula is C14H16O3. The Morgan fingerprint density at radius 2 is 2.24 bits per heavy atom. The Kier molecular flexibility index (Phi) is 3.80. The molecule has 1 aliphatic rings. The summed E-state index contributed by atoms with van der Waals surface area (Å²) in [5.41, 5.74) is 1.01. The van der Waals surface area contributed by atoms with Crippen molar-refractivity contribution in [3.05, 3.63) is 35.9 Å². The van der Waals surface area contributed by atoms with Crippen LogP contribution in [0.4, 0.5) is 0 Å². The first-order chi connectivity index (χ1) is 8.24. The normalized spacial score (nSPS) is 27.9. The Morgan fingerprint density at radius 3 is 2.94 bits per heavy atom. The number of ether oxygens (including phenoxy) is 3. The molecule has 1 aliphatic heterocycles. The maximum absolute atomic E-state index is 5.87. The third-order valence-corrected chi connectivity index (χ3v) is 2.72. The zero-order valence-corrected chi connectivity index (χ0v) is 9.89. The van der Waals surface area contributed by atoms with Crippen molar-refractivity contribution in [1.82, 2.24) is 0 Å². The van der Waals surface area contributed by atoms with Crippen molar-refractivity contribution < 1.29 is 14.2 Å². The van der Waals surface area contributed by atoms with Gasteiger partial charge >= 0.3 is 0 Å². The quantitative estimate of drug-likeness (QED) is 0.586. The average Bonchev–Trinajstić information content (AvgIpc) is 2.74. The second-order valence-corrected chi connectivity index (χ2v) is 4.08. The zero-order valence-electron chi connectivity index (χ0n) is 9.89. The summed E-state index contributed by atoms with van der Waals surface area (Å²) in [5.74, 6) is 1.75. The van der Waals surface area contributed by atoms with Crippen LogP contribution in [0.15, 0.2) is 30.3 Å². The molecule has 0 amide bonds. The molecule has 1 saturated heterocycles. The van der Waals surface area contributed by atoms with Crippen LogP contribution < -0.4 is 0 Å². The molecule has 1 aromatic carbocycles.